The second-order valence-corrected chi connectivity index (χ2v) is 4.89. The summed E-state index contributed by atoms with van der Waals surface area (Å²) in [5.74, 6) is -2.33. The number of nitrogens with one attached hydrogen (secondary N) is 1. The van der Waals surface area contributed by atoms with Crippen molar-refractivity contribution in [1.82, 2.24) is 0 Å². The maximum absolute atomic E-state index is 12.3. The van der Waals surface area contributed by atoms with E-state index in [0.29, 0.717) is 30.9 Å². The molecule has 0 spiro atoms. The second kappa shape index (κ2) is 6.92. The second-order valence-electron chi connectivity index (χ2n) is 4.89. The zero-order valence-corrected chi connectivity index (χ0v) is 11.9. The Kier molecular flexibility index (Phi) is 4.98. The van der Waals surface area contributed by atoms with Gasteiger partial charge in [0.15, 0.2) is 0 Å². The number of aliphatic carboxylic acids is 1. The van der Waals surface area contributed by atoms with E-state index in [2.05, 4.69) is 5.32 Å². The summed E-state index contributed by atoms with van der Waals surface area (Å²) in [7, 11) is 0. The Bertz CT molecular complexity index is 553. The number of carbonyl (C=O) groups is 2. The molecule has 2 atom stereocenters. The van der Waals surface area contributed by atoms with Crippen LogP contribution in [0.1, 0.15) is 19.8 Å². The highest BCUT2D eigenvalue weighted by Crippen LogP contribution is 2.29. The van der Waals surface area contributed by atoms with Crippen LogP contribution in [-0.4, -0.2) is 18.5 Å². The minimum Gasteiger partial charge on any atom is -0.550 e. The Labute approximate surface area is 123 Å². The fraction of sp³-hybridized carbons (Fsp3) is 0.375. The molecular formula is C16H18NO4-. The van der Waals surface area contributed by atoms with Gasteiger partial charge in [-0.15, -0.1) is 0 Å². The van der Waals surface area contributed by atoms with Gasteiger partial charge in [0.25, 0.3) is 0 Å². The molecule has 2 rings (SSSR count). The van der Waals surface area contributed by atoms with Crippen molar-refractivity contribution in [2.24, 2.45) is 11.8 Å². The molecule has 0 fully saturated rings. The van der Waals surface area contributed by atoms with E-state index in [4.69, 9.17) is 4.74 Å². The van der Waals surface area contributed by atoms with Gasteiger partial charge in [-0.3, -0.25) is 4.79 Å². The predicted molar refractivity (Wildman–Crippen MR) is 76.6 cm³/mol. The van der Waals surface area contributed by atoms with Crippen LogP contribution in [0, 0.1) is 11.8 Å². The molecular weight excluding hydrogens is 270 g/mol. The summed E-state index contributed by atoms with van der Waals surface area (Å²) in [5, 5.41) is 13.9. The first-order chi connectivity index (χ1) is 10.1. The van der Waals surface area contributed by atoms with Crippen LogP contribution in [0.2, 0.25) is 0 Å². The summed E-state index contributed by atoms with van der Waals surface area (Å²) in [6, 6.07) is 7.09. The van der Waals surface area contributed by atoms with Gasteiger partial charge in [0.1, 0.15) is 5.75 Å². The van der Waals surface area contributed by atoms with Gasteiger partial charge in [-0.25, -0.2) is 0 Å². The van der Waals surface area contributed by atoms with Gasteiger partial charge >= 0.3 is 0 Å². The molecule has 0 aliphatic heterocycles. The van der Waals surface area contributed by atoms with Gasteiger partial charge in [0.2, 0.25) is 5.91 Å². The van der Waals surface area contributed by atoms with Crippen molar-refractivity contribution >= 4 is 17.6 Å². The quantitative estimate of drug-likeness (QED) is 0.830. The number of hydrogen-bond acceptors (Lipinski definition) is 4. The normalized spacial score (nSPS) is 20.8. The molecule has 0 heterocycles. The number of para-hydroxylation sites is 2. The predicted octanol–water partition coefficient (Wildman–Crippen LogP) is 1.36. The molecule has 0 unspecified atom stereocenters. The maximum Gasteiger partial charge on any atom is 0.228 e. The van der Waals surface area contributed by atoms with E-state index in [0.717, 1.165) is 0 Å². The molecule has 1 N–H and O–H groups in total. The molecule has 1 aromatic rings. The zero-order valence-electron chi connectivity index (χ0n) is 11.9. The van der Waals surface area contributed by atoms with E-state index in [-0.39, 0.29) is 5.91 Å². The van der Waals surface area contributed by atoms with Crippen LogP contribution in [0.5, 0.6) is 5.75 Å². The summed E-state index contributed by atoms with van der Waals surface area (Å²) in [6.45, 7) is 2.34. The van der Waals surface area contributed by atoms with Crippen molar-refractivity contribution in [3.63, 3.8) is 0 Å². The summed E-state index contributed by atoms with van der Waals surface area (Å²) >= 11 is 0. The number of rotatable bonds is 5. The lowest BCUT2D eigenvalue weighted by Crippen LogP contribution is -2.41. The summed E-state index contributed by atoms with van der Waals surface area (Å²) in [5.41, 5.74) is 0.552. The van der Waals surface area contributed by atoms with E-state index >= 15 is 0 Å². The minimum absolute atomic E-state index is 0.319. The number of carboxylic acids is 1. The van der Waals surface area contributed by atoms with Crippen LogP contribution >= 0.6 is 0 Å². The summed E-state index contributed by atoms with van der Waals surface area (Å²) in [4.78, 5) is 23.5. The number of amides is 1. The number of carbonyl (C=O) groups excluding carboxylic acids is 2. The van der Waals surface area contributed by atoms with Crippen LogP contribution in [-0.2, 0) is 9.59 Å². The van der Waals surface area contributed by atoms with Crippen LogP contribution in [0.3, 0.4) is 0 Å². The fourth-order valence-corrected chi connectivity index (χ4v) is 2.44. The van der Waals surface area contributed by atoms with Crippen molar-refractivity contribution in [2.75, 3.05) is 11.9 Å². The van der Waals surface area contributed by atoms with Crippen LogP contribution in [0.25, 0.3) is 0 Å². The lowest BCUT2D eigenvalue weighted by atomic mass is 9.82. The molecule has 0 aromatic heterocycles. The highest BCUT2D eigenvalue weighted by atomic mass is 16.5. The molecule has 0 saturated heterocycles. The standard InChI is InChI=1S/C16H19NO4/c1-2-21-14-10-6-5-9-13(14)17-15(18)11-7-3-4-8-12(11)16(19)20/h3-6,9-12H,2,7-8H2,1H3,(H,17,18)(H,19,20)/p-1/t11-,12-/m1/s1. The van der Waals surface area contributed by atoms with Crippen molar-refractivity contribution in [3.8, 4) is 5.75 Å². The SMILES string of the molecule is CCOc1ccccc1NC(=O)[C@@H]1CC=CC[C@H]1C(=O)[O-]. The van der Waals surface area contributed by atoms with E-state index in [1.807, 2.05) is 19.1 Å². The van der Waals surface area contributed by atoms with Crippen molar-refractivity contribution in [1.29, 1.82) is 0 Å². The number of ether oxygens (including phenoxy) is 1. The van der Waals surface area contributed by atoms with Crippen LogP contribution < -0.4 is 15.2 Å². The molecule has 1 amide bonds. The van der Waals surface area contributed by atoms with Gasteiger partial charge < -0.3 is 20.0 Å². The summed E-state index contributed by atoms with van der Waals surface area (Å²) < 4.78 is 5.44. The first kappa shape index (κ1) is 15.1. The lowest BCUT2D eigenvalue weighted by Gasteiger charge is -2.28. The molecule has 1 aromatic carbocycles. The molecule has 0 saturated carbocycles. The Morgan fingerprint density at radius 3 is 2.57 bits per heavy atom. The lowest BCUT2D eigenvalue weighted by molar-refractivity contribution is -0.313. The molecule has 5 nitrogen and oxygen atoms in total. The number of anilines is 1. The van der Waals surface area contributed by atoms with Gasteiger partial charge in [-0.1, -0.05) is 24.3 Å². The third kappa shape index (κ3) is 3.62. The first-order valence-electron chi connectivity index (χ1n) is 7.02. The highest BCUT2D eigenvalue weighted by molar-refractivity contribution is 5.96. The number of benzene rings is 1. The van der Waals surface area contributed by atoms with Gasteiger partial charge in [0.05, 0.1) is 18.2 Å². The highest BCUT2D eigenvalue weighted by Gasteiger charge is 2.30. The van der Waals surface area contributed by atoms with Crippen LogP contribution in [0.4, 0.5) is 5.69 Å². The van der Waals surface area contributed by atoms with Gasteiger partial charge in [-0.05, 0) is 31.9 Å². The third-order valence-corrected chi connectivity index (χ3v) is 3.52. The Hall–Kier alpha value is -2.30. The molecule has 1 aliphatic rings. The molecule has 112 valence electrons. The monoisotopic (exact) mass is 288 g/mol. The summed E-state index contributed by atoms with van der Waals surface area (Å²) in [6.07, 6.45) is 4.34. The van der Waals surface area contributed by atoms with E-state index in [1.165, 1.54) is 0 Å². The Morgan fingerprint density at radius 2 is 1.90 bits per heavy atom. The average Bonchev–Trinajstić information content (AvgIpc) is 2.49. The first-order valence-corrected chi connectivity index (χ1v) is 7.02. The molecule has 0 radical (unpaired) electrons. The number of carboxylic acid groups (broad SMARTS) is 1. The zero-order chi connectivity index (χ0) is 15.2. The molecule has 21 heavy (non-hydrogen) atoms. The van der Waals surface area contributed by atoms with E-state index < -0.39 is 17.8 Å². The van der Waals surface area contributed by atoms with Crippen molar-refractivity contribution in [3.05, 3.63) is 36.4 Å². The minimum atomic E-state index is -1.18. The topological polar surface area (TPSA) is 78.5 Å². The largest absolute Gasteiger partial charge is 0.550 e. The molecule has 0 bridgehead atoms. The van der Waals surface area contributed by atoms with E-state index in [1.54, 1.807) is 24.3 Å². The van der Waals surface area contributed by atoms with E-state index in [9.17, 15) is 14.7 Å². The Morgan fingerprint density at radius 1 is 1.24 bits per heavy atom. The third-order valence-electron chi connectivity index (χ3n) is 3.52. The average molecular weight is 288 g/mol. The van der Waals surface area contributed by atoms with Crippen molar-refractivity contribution < 1.29 is 19.4 Å². The van der Waals surface area contributed by atoms with Gasteiger partial charge in [0, 0.05) is 11.9 Å². The van der Waals surface area contributed by atoms with Crippen molar-refractivity contribution in [2.45, 2.75) is 19.8 Å². The van der Waals surface area contributed by atoms with Gasteiger partial charge in [-0.2, -0.15) is 0 Å². The fourth-order valence-electron chi connectivity index (χ4n) is 2.44. The number of hydrogen-bond donors (Lipinski definition) is 1. The maximum atomic E-state index is 12.3. The Balaban J connectivity index is 2.14. The molecule has 1 aliphatic carbocycles. The number of allylic oxidation sites excluding steroid dienone is 2. The van der Waals surface area contributed by atoms with Crippen LogP contribution in [0.15, 0.2) is 36.4 Å². The molecule has 5 heteroatoms. The smallest absolute Gasteiger partial charge is 0.228 e.